The molecule has 35 heavy (non-hydrogen) atoms. The van der Waals surface area contributed by atoms with Crippen molar-refractivity contribution in [3.63, 3.8) is 0 Å². The summed E-state index contributed by atoms with van der Waals surface area (Å²) in [6, 6.07) is 9.80. The lowest BCUT2D eigenvalue weighted by Crippen LogP contribution is -2.47. The second-order valence-corrected chi connectivity index (χ2v) is 10.1. The number of rotatable bonds is 11. The number of amides is 2. The first-order valence-electron chi connectivity index (χ1n) is 11.3. The second kappa shape index (κ2) is 11.4. The predicted molar refractivity (Wildman–Crippen MR) is 129 cm³/mol. The van der Waals surface area contributed by atoms with Crippen molar-refractivity contribution in [1.82, 2.24) is 10.2 Å². The van der Waals surface area contributed by atoms with Crippen LogP contribution in [-0.4, -0.2) is 57.3 Å². The molecule has 2 amide bonds. The molecule has 9 nitrogen and oxygen atoms in total. The van der Waals surface area contributed by atoms with E-state index in [0.29, 0.717) is 29.3 Å². The molecule has 0 spiro atoms. The van der Waals surface area contributed by atoms with Gasteiger partial charge in [0, 0.05) is 32.1 Å². The van der Waals surface area contributed by atoms with E-state index in [1.165, 1.54) is 21.3 Å². The second-order valence-electron chi connectivity index (χ2n) is 8.19. The largest absolute Gasteiger partial charge is 0.454 e. The van der Waals surface area contributed by atoms with E-state index in [9.17, 15) is 22.4 Å². The zero-order chi connectivity index (χ0) is 25.6. The normalized spacial score (nSPS) is 13.3. The molecule has 0 aliphatic carbocycles. The standard InChI is InChI=1S/C24H30FN3O6S/c1-4-26-24(30)17(2)27(15-18-7-9-19(25)10-8-18)23(29)6-5-13-28(35(3,31)32)20-11-12-21-22(14-20)34-16-33-21/h7-12,14,17H,4-6,13,15-16H2,1-3H3,(H,26,30)/t17-/m1/s1. The molecule has 0 unspecified atom stereocenters. The molecule has 1 N–H and O–H groups in total. The molecule has 2 aromatic carbocycles. The fraction of sp³-hybridized carbons (Fsp3) is 0.417. The molecule has 0 saturated heterocycles. The van der Waals surface area contributed by atoms with Gasteiger partial charge in [0.2, 0.25) is 28.6 Å². The molecule has 1 aliphatic rings. The number of fused-ring (bicyclic) bond motifs is 1. The summed E-state index contributed by atoms with van der Waals surface area (Å²) in [6.07, 6.45) is 1.33. The molecule has 3 rings (SSSR count). The van der Waals surface area contributed by atoms with E-state index < -0.39 is 21.9 Å². The molecule has 0 aromatic heterocycles. The number of benzene rings is 2. The quantitative estimate of drug-likeness (QED) is 0.501. The van der Waals surface area contributed by atoms with E-state index in [1.807, 2.05) is 0 Å². The van der Waals surface area contributed by atoms with Crippen molar-refractivity contribution in [2.45, 2.75) is 39.3 Å². The van der Waals surface area contributed by atoms with Gasteiger partial charge < -0.3 is 19.7 Å². The number of nitrogens with one attached hydrogen (secondary N) is 1. The zero-order valence-corrected chi connectivity index (χ0v) is 20.8. The van der Waals surface area contributed by atoms with Gasteiger partial charge in [-0.15, -0.1) is 0 Å². The monoisotopic (exact) mass is 507 g/mol. The van der Waals surface area contributed by atoms with Gasteiger partial charge in [-0.1, -0.05) is 12.1 Å². The number of sulfonamides is 1. The van der Waals surface area contributed by atoms with Gasteiger partial charge in [0.1, 0.15) is 11.9 Å². The third kappa shape index (κ3) is 6.84. The zero-order valence-electron chi connectivity index (χ0n) is 20.0. The van der Waals surface area contributed by atoms with Gasteiger partial charge in [0.15, 0.2) is 11.5 Å². The van der Waals surface area contributed by atoms with E-state index in [4.69, 9.17) is 9.47 Å². The Balaban J connectivity index is 1.71. The van der Waals surface area contributed by atoms with Crippen molar-refractivity contribution in [2.24, 2.45) is 0 Å². The van der Waals surface area contributed by atoms with Crippen LogP contribution in [-0.2, 0) is 26.2 Å². The first-order chi connectivity index (χ1) is 16.6. The number of nitrogens with zero attached hydrogens (tertiary/aromatic N) is 2. The van der Waals surface area contributed by atoms with Gasteiger partial charge in [0.05, 0.1) is 11.9 Å². The SMILES string of the molecule is CCNC(=O)[C@@H](C)N(Cc1ccc(F)cc1)C(=O)CCCN(c1ccc2c(c1)OCO2)S(C)(=O)=O. The topological polar surface area (TPSA) is 105 Å². The highest BCUT2D eigenvalue weighted by Gasteiger charge is 2.27. The van der Waals surface area contributed by atoms with Crippen LogP contribution in [0.1, 0.15) is 32.3 Å². The first-order valence-corrected chi connectivity index (χ1v) is 13.1. The molecule has 0 saturated carbocycles. The first kappa shape index (κ1) is 26.3. The van der Waals surface area contributed by atoms with E-state index in [0.717, 1.165) is 6.26 Å². The Morgan fingerprint density at radius 3 is 2.46 bits per heavy atom. The molecule has 1 heterocycles. The average molecular weight is 508 g/mol. The van der Waals surface area contributed by atoms with E-state index in [1.54, 1.807) is 44.2 Å². The lowest BCUT2D eigenvalue weighted by atomic mass is 10.1. The summed E-state index contributed by atoms with van der Waals surface area (Å²) in [5.41, 5.74) is 1.08. The van der Waals surface area contributed by atoms with Crippen molar-refractivity contribution >= 4 is 27.5 Å². The Kier molecular flexibility index (Phi) is 8.55. The van der Waals surface area contributed by atoms with Crippen LogP contribution in [0.5, 0.6) is 11.5 Å². The number of hydrogen-bond acceptors (Lipinski definition) is 6. The molecular formula is C24H30FN3O6S. The van der Waals surface area contributed by atoms with Gasteiger partial charge >= 0.3 is 0 Å². The molecule has 190 valence electrons. The fourth-order valence-electron chi connectivity index (χ4n) is 3.74. The number of anilines is 1. The number of carbonyl (C=O) groups excluding carboxylic acids is 2. The maximum Gasteiger partial charge on any atom is 0.242 e. The Hall–Kier alpha value is -3.34. The van der Waals surface area contributed by atoms with Crippen LogP contribution >= 0.6 is 0 Å². The number of halogens is 1. The fourth-order valence-corrected chi connectivity index (χ4v) is 4.69. The Bertz CT molecular complexity index is 1160. The summed E-state index contributed by atoms with van der Waals surface area (Å²) in [6.45, 7) is 4.08. The molecule has 11 heteroatoms. The van der Waals surface area contributed by atoms with Gasteiger partial charge in [-0.25, -0.2) is 12.8 Å². The van der Waals surface area contributed by atoms with Gasteiger partial charge in [0.25, 0.3) is 0 Å². The van der Waals surface area contributed by atoms with Gasteiger partial charge in [-0.2, -0.15) is 0 Å². The highest BCUT2D eigenvalue weighted by Crippen LogP contribution is 2.36. The van der Waals surface area contributed by atoms with Crippen LogP contribution in [0, 0.1) is 5.82 Å². The molecule has 0 radical (unpaired) electrons. The number of ether oxygens (including phenoxy) is 2. The average Bonchev–Trinajstić information content (AvgIpc) is 3.28. The number of hydrogen-bond donors (Lipinski definition) is 1. The number of likely N-dealkylation sites (N-methyl/N-ethyl adjacent to an activating group) is 1. The van der Waals surface area contributed by atoms with Crippen LogP contribution in [0.15, 0.2) is 42.5 Å². The lowest BCUT2D eigenvalue weighted by molar-refractivity contribution is -0.140. The minimum Gasteiger partial charge on any atom is -0.454 e. The van der Waals surface area contributed by atoms with Crippen LogP contribution in [0.3, 0.4) is 0 Å². The van der Waals surface area contributed by atoms with Crippen molar-refractivity contribution in [3.05, 3.63) is 53.8 Å². The van der Waals surface area contributed by atoms with Gasteiger partial charge in [-0.05, 0) is 50.1 Å². The summed E-state index contributed by atoms with van der Waals surface area (Å²) in [5, 5.41) is 2.71. The molecule has 0 fully saturated rings. The lowest BCUT2D eigenvalue weighted by Gasteiger charge is -2.29. The highest BCUT2D eigenvalue weighted by atomic mass is 32.2. The van der Waals surface area contributed by atoms with Crippen molar-refractivity contribution in [3.8, 4) is 11.5 Å². The summed E-state index contributed by atoms with van der Waals surface area (Å²) in [7, 11) is -3.63. The van der Waals surface area contributed by atoms with Crippen molar-refractivity contribution in [1.29, 1.82) is 0 Å². The highest BCUT2D eigenvalue weighted by molar-refractivity contribution is 7.92. The molecular weight excluding hydrogens is 477 g/mol. The van der Waals surface area contributed by atoms with Crippen LogP contribution < -0.4 is 19.1 Å². The summed E-state index contributed by atoms with van der Waals surface area (Å²) >= 11 is 0. The van der Waals surface area contributed by atoms with Crippen molar-refractivity contribution in [2.75, 3.05) is 30.4 Å². The van der Waals surface area contributed by atoms with Gasteiger partial charge in [-0.3, -0.25) is 13.9 Å². The molecule has 1 aliphatic heterocycles. The Morgan fingerprint density at radius 2 is 1.80 bits per heavy atom. The van der Waals surface area contributed by atoms with E-state index in [2.05, 4.69) is 5.32 Å². The molecule has 0 bridgehead atoms. The van der Waals surface area contributed by atoms with E-state index in [-0.39, 0.29) is 44.5 Å². The maximum absolute atomic E-state index is 13.3. The Morgan fingerprint density at radius 1 is 1.11 bits per heavy atom. The number of carbonyl (C=O) groups is 2. The minimum atomic E-state index is -3.63. The van der Waals surface area contributed by atoms with Crippen LogP contribution in [0.2, 0.25) is 0 Å². The van der Waals surface area contributed by atoms with Crippen LogP contribution in [0.25, 0.3) is 0 Å². The summed E-state index contributed by atoms with van der Waals surface area (Å²) in [4.78, 5) is 27.0. The Labute approximate surface area is 204 Å². The molecule has 1 atom stereocenters. The predicted octanol–water partition coefficient (Wildman–Crippen LogP) is 2.65. The summed E-state index contributed by atoms with van der Waals surface area (Å²) in [5.74, 6) is -0.0253. The molecule has 2 aromatic rings. The third-order valence-electron chi connectivity index (χ3n) is 5.58. The summed E-state index contributed by atoms with van der Waals surface area (Å²) < 4.78 is 50.0. The third-order valence-corrected chi connectivity index (χ3v) is 6.77. The smallest absolute Gasteiger partial charge is 0.242 e. The van der Waals surface area contributed by atoms with Crippen LogP contribution in [0.4, 0.5) is 10.1 Å². The van der Waals surface area contributed by atoms with E-state index >= 15 is 0 Å². The maximum atomic E-state index is 13.3. The van der Waals surface area contributed by atoms with Crippen molar-refractivity contribution < 1.29 is 31.9 Å². The minimum absolute atomic E-state index is 0.0154.